The van der Waals surface area contributed by atoms with E-state index in [1.165, 1.54) is 0 Å². The summed E-state index contributed by atoms with van der Waals surface area (Å²) in [5.74, 6) is -0.103. The second-order valence-corrected chi connectivity index (χ2v) is 5.83. The highest BCUT2D eigenvalue weighted by Crippen LogP contribution is 2.24. The van der Waals surface area contributed by atoms with Crippen molar-refractivity contribution in [2.45, 2.75) is 26.2 Å². The molecule has 1 fully saturated rings. The van der Waals surface area contributed by atoms with E-state index < -0.39 is 0 Å². The molecule has 0 atom stereocenters. The minimum atomic E-state index is -0.0681. The molecule has 2 aromatic rings. The molecule has 0 spiro atoms. The fourth-order valence-electron chi connectivity index (χ4n) is 3.16. The largest absolute Gasteiger partial charge is 0.358 e. The van der Waals surface area contributed by atoms with Gasteiger partial charge in [-0.3, -0.25) is 19.6 Å². The van der Waals surface area contributed by atoms with Crippen LogP contribution in [-0.4, -0.2) is 39.9 Å². The first-order valence-corrected chi connectivity index (χ1v) is 7.89. The molecule has 1 aliphatic rings. The smallest absolute Gasteiger partial charge is 0.245 e. The molecule has 0 bridgehead atoms. The summed E-state index contributed by atoms with van der Waals surface area (Å²) in [6.45, 7) is 6.78. The highest BCUT2D eigenvalue weighted by molar-refractivity contribution is 5.91. The van der Waals surface area contributed by atoms with Gasteiger partial charge < -0.3 is 4.98 Å². The first-order chi connectivity index (χ1) is 11.1. The Kier molecular flexibility index (Phi) is 4.19. The number of hydrogen-bond acceptors (Lipinski definition) is 2. The van der Waals surface area contributed by atoms with Crippen LogP contribution in [0.1, 0.15) is 24.1 Å². The molecule has 5 nitrogen and oxygen atoms in total. The lowest BCUT2D eigenvalue weighted by atomic mass is 10.1. The van der Waals surface area contributed by atoms with E-state index in [9.17, 15) is 9.59 Å². The number of para-hydroxylation sites is 1. The number of carbonyl (C=O) groups excluding carboxylic acids is 2. The number of amides is 2. The Bertz CT molecular complexity index is 763. The first-order valence-electron chi connectivity index (χ1n) is 7.89. The van der Waals surface area contributed by atoms with E-state index in [0.717, 1.165) is 28.6 Å². The standard InChI is InChI=1S/C18H21N3O2/c1-3-7-17(22)20-10-6-11-21(20)18(23)12-15-13(2)19-16-9-5-4-8-14(15)16/h3-5,8-9,19H,1,6-7,10-12H2,2H3. The number of benzene rings is 1. The Balaban J connectivity index is 1.81. The summed E-state index contributed by atoms with van der Waals surface area (Å²) in [7, 11) is 0. The van der Waals surface area contributed by atoms with Crippen molar-refractivity contribution in [3.63, 3.8) is 0 Å². The van der Waals surface area contributed by atoms with Crippen molar-refractivity contribution < 1.29 is 9.59 Å². The van der Waals surface area contributed by atoms with Gasteiger partial charge in [-0.2, -0.15) is 0 Å². The molecule has 5 heteroatoms. The number of aromatic nitrogens is 1. The predicted molar refractivity (Wildman–Crippen MR) is 89.6 cm³/mol. The average Bonchev–Trinajstić information content (AvgIpc) is 3.13. The monoisotopic (exact) mass is 311 g/mol. The topological polar surface area (TPSA) is 56.4 Å². The molecule has 23 heavy (non-hydrogen) atoms. The summed E-state index contributed by atoms with van der Waals surface area (Å²) in [4.78, 5) is 28.1. The van der Waals surface area contributed by atoms with Crippen LogP contribution in [0.2, 0.25) is 0 Å². The highest BCUT2D eigenvalue weighted by Gasteiger charge is 2.30. The number of fused-ring (bicyclic) bond motifs is 1. The number of hydrogen-bond donors (Lipinski definition) is 1. The number of carbonyl (C=O) groups is 2. The van der Waals surface area contributed by atoms with Crippen LogP contribution in [0.4, 0.5) is 0 Å². The van der Waals surface area contributed by atoms with Gasteiger partial charge in [-0.25, -0.2) is 0 Å². The maximum absolute atomic E-state index is 12.7. The Hall–Kier alpha value is -2.56. The van der Waals surface area contributed by atoms with E-state index in [1.54, 1.807) is 16.1 Å². The normalized spacial score (nSPS) is 14.5. The molecule has 2 amide bonds. The van der Waals surface area contributed by atoms with Crippen LogP contribution in [0.3, 0.4) is 0 Å². The van der Waals surface area contributed by atoms with Crippen molar-refractivity contribution in [3.05, 3.63) is 48.2 Å². The van der Waals surface area contributed by atoms with E-state index >= 15 is 0 Å². The van der Waals surface area contributed by atoms with Gasteiger partial charge in [0, 0.05) is 36.1 Å². The van der Waals surface area contributed by atoms with Crippen LogP contribution in [0.25, 0.3) is 10.9 Å². The van der Waals surface area contributed by atoms with E-state index in [-0.39, 0.29) is 18.2 Å². The van der Waals surface area contributed by atoms with Gasteiger partial charge in [0.2, 0.25) is 11.8 Å². The SMILES string of the molecule is C=CCC(=O)N1CCCN1C(=O)Cc1c(C)[nH]c2ccccc12. The Labute approximate surface area is 135 Å². The number of aromatic amines is 1. The van der Waals surface area contributed by atoms with Crippen LogP contribution in [0, 0.1) is 6.92 Å². The quantitative estimate of drug-likeness (QED) is 0.882. The van der Waals surface area contributed by atoms with Crippen molar-refractivity contribution >= 4 is 22.7 Å². The van der Waals surface area contributed by atoms with Gasteiger partial charge >= 0.3 is 0 Å². The molecule has 1 aromatic carbocycles. The summed E-state index contributed by atoms with van der Waals surface area (Å²) in [5.41, 5.74) is 3.05. The zero-order chi connectivity index (χ0) is 16.4. The fraction of sp³-hybridized carbons (Fsp3) is 0.333. The molecule has 0 radical (unpaired) electrons. The molecule has 1 N–H and O–H groups in total. The molecule has 1 aromatic heterocycles. The third kappa shape index (κ3) is 2.86. The van der Waals surface area contributed by atoms with Crippen LogP contribution >= 0.6 is 0 Å². The third-order valence-electron chi connectivity index (χ3n) is 4.28. The van der Waals surface area contributed by atoms with E-state index in [1.807, 2.05) is 31.2 Å². The fourth-order valence-corrected chi connectivity index (χ4v) is 3.16. The molecule has 2 heterocycles. The number of rotatable bonds is 4. The predicted octanol–water partition coefficient (Wildman–Crippen LogP) is 2.57. The summed E-state index contributed by atoms with van der Waals surface area (Å²) < 4.78 is 0. The summed E-state index contributed by atoms with van der Waals surface area (Å²) in [6, 6.07) is 7.97. The highest BCUT2D eigenvalue weighted by atomic mass is 16.2. The lowest BCUT2D eigenvalue weighted by molar-refractivity contribution is -0.156. The molecular formula is C18H21N3O2. The van der Waals surface area contributed by atoms with Gasteiger partial charge in [0.05, 0.1) is 6.42 Å². The Morgan fingerprint density at radius 1 is 1.22 bits per heavy atom. The molecule has 120 valence electrons. The van der Waals surface area contributed by atoms with Crippen molar-refractivity contribution in [1.29, 1.82) is 0 Å². The number of H-pyrrole nitrogens is 1. The molecule has 3 rings (SSSR count). The number of nitrogens with one attached hydrogen (secondary N) is 1. The lowest BCUT2D eigenvalue weighted by Gasteiger charge is -2.27. The Morgan fingerprint density at radius 2 is 1.91 bits per heavy atom. The average molecular weight is 311 g/mol. The molecule has 0 aliphatic carbocycles. The van der Waals surface area contributed by atoms with Gasteiger partial charge in [-0.1, -0.05) is 24.3 Å². The van der Waals surface area contributed by atoms with E-state index in [2.05, 4.69) is 11.6 Å². The summed E-state index contributed by atoms with van der Waals surface area (Å²) >= 11 is 0. The van der Waals surface area contributed by atoms with Gasteiger partial charge in [0.15, 0.2) is 0 Å². The van der Waals surface area contributed by atoms with Crippen LogP contribution in [-0.2, 0) is 16.0 Å². The van der Waals surface area contributed by atoms with Gasteiger partial charge in [-0.15, -0.1) is 6.58 Å². The maximum Gasteiger partial charge on any atom is 0.245 e. The molecule has 1 saturated heterocycles. The van der Waals surface area contributed by atoms with E-state index in [4.69, 9.17) is 0 Å². The molecule has 0 unspecified atom stereocenters. The third-order valence-corrected chi connectivity index (χ3v) is 4.28. The number of hydrazine groups is 1. The lowest BCUT2D eigenvalue weighted by Crippen LogP contribution is -2.45. The summed E-state index contributed by atoms with van der Waals surface area (Å²) in [5, 5.41) is 4.22. The number of nitrogens with zero attached hydrogens (tertiary/aromatic N) is 2. The van der Waals surface area contributed by atoms with Crippen LogP contribution < -0.4 is 0 Å². The van der Waals surface area contributed by atoms with E-state index in [0.29, 0.717) is 19.5 Å². The minimum Gasteiger partial charge on any atom is -0.358 e. The second-order valence-electron chi connectivity index (χ2n) is 5.83. The van der Waals surface area contributed by atoms with Crippen molar-refractivity contribution in [2.24, 2.45) is 0 Å². The van der Waals surface area contributed by atoms with Gasteiger partial charge in [-0.05, 0) is 25.0 Å². The molecule has 0 saturated carbocycles. The van der Waals surface area contributed by atoms with Crippen molar-refractivity contribution in [2.75, 3.05) is 13.1 Å². The van der Waals surface area contributed by atoms with Gasteiger partial charge in [0.1, 0.15) is 0 Å². The van der Waals surface area contributed by atoms with Crippen molar-refractivity contribution in [1.82, 2.24) is 15.0 Å². The van der Waals surface area contributed by atoms with Crippen LogP contribution in [0.5, 0.6) is 0 Å². The zero-order valence-electron chi connectivity index (χ0n) is 13.3. The summed E-state index contributed by atoms with van der Waals surface area (Å²) in [6.07, 6.45) is 2.96. The van der Waals surface area contributed by atoms with Gasteiger partial charge in [0.25, 0.3) is 0 Å². The first kappa shape index (κ1) is 15.3. The molecule has 1 aliphatic heterocycles. The second kappa shape index (κ2) is 6.28. The maximum atomic E-state index is 12.7. The zero-order valence-corrected chi connectivity index (χ0v) is 13.3. The minimum absolute atomic E-state index is 0.0345. The number of aryl methyl sites for hydroxylation is 1. The van der Waals surface area contributed by atoms with Crippen molar-refractivity contribution in [3.8, 4) is 0 Å². The molecular weight excluding hydrogens is 290 g/mol. The Morgan fingerprint density at radius 3 is 2.65 bits per heavy atom. The van der Waals surface area contributed by atoms with Crippen LogP contribution in [0.15, 0.2) is 36.9 Å².